The van der Waals surface area contributed by atoms with E-state index in [1.165, 1.54) is 17.0 Å². The molecule has 0 radical (unpaired) electrons. The van der Waals surface area contributed by atoms with Crippen LogP contribution < -0.4 is 15.5 Å². The molecule has 1 atom stereocenters. The third-order valence-electron chi connectivity index (χ3n) is 5.12. The molecule has 3 aromatic rings. The summed E-state index contributed by atoms with van der Waals surface area (Å²) >= 11 is 0. The summed E-state index contributed by atoms with van der Waals surface area (Å²) in [5.74, 6) is -0.545. The van der Waals surface area contributed by atoms with Crippen LogP contribution in [0.4, 0.5) is 14.9 Å². The van der Waals surface area contributed by atoms with E-state index in [0.29, 0.717) is 12.2 Å². The molecule has 2 N–H and O–H groups in total. The molecule has 3 aromatic carbocycles. The van der Waals surface area contributed by atoms with Crippen molar-refractivity contribution >= 4 is 17.6 Å². The molecule has 1 saturated heterocycles. The highest BCUT2D eigenvalue weighted by Gasteiger charge is 2.32. The van der Waals surface area contributed by atoms with Crippen molar-refractivity contribution in [3.8, 4) is 0 Å². The second kappa shape index (κ2) is 8.78. The summed E-state index contributed by atoms with van der Waals surface area (Å²) in [5, 5.41) is 5.90. The van der Waals surface area contributed by atoms with Gasteiger partial charge in [-0.15, -0.1) is 0 Å². The fraction of sp³-hybridized carbons (Fsp3) is 0.167. The number of carbonyl (C=O) groups is 2. The molecule has 0 saturated carbocycles. The zero-order valence-corrected chi connectivity index (χ0v) is 16.3. The molecule has 0 bridgehead atoms. The van der Waals surface area contributed by atoms with Crippen LogP contribution in [0.5, 0.6) is 0 Å². The van der Waals surface area contributed by atoms with Crippen molar-refractivity contribution in [3.63, 3.8) is 0 Å². The molecule has 152 valence electrons. The highest BCUT2D eigenvalue weighted by molar-refractivity contribution is 5.96. The number of nitrogens with zero attached hydrogens (tertiary/aromatic N) is 1. The lowest BCUT2D eigenvalue weighted by Gasteiger charge is -2.22. The minimum Gasteiger partial charge on any atom is -0.333 e. The Morgan fingerprint density at radius 1 is 0.933 bits per heavy atom. The molecule has 0 unspecified atom stereocenters. The van der Waals surface area contributed by atoms with E-state index in [0.717, 1.165) is 11.1 Å². The predicted octanol–water partition coefficient (Wildman–Crippen LogP) is 4.02. The van der Waals surface area contributed by atoms with Gasteiger partial charge >= 0.3 is 6.03 Å². The average molecular weight is 403 g/mol. The van der Waals surface area contributed by atoms with E-state index in [4.69, 9.17) is 0 Å². The van der Waals surface area contributed by atoms with Gasteiger partial charge in [-0.05, 0) is 29.3 Å². The van der Waals surface area contributed by atoms with Crippen molar-refractivity contribution in [1.82, 2.24) is 10.6 Å². The summed E-state index contributed by atoms with van der Waals surface area (Å²) in [6.45, 7) is 0.303. The molecular formula is C24H22FN3O2. The smallest absolute Gasteiger partial charge is 0.315 e. The Labute approximate surface area is 174 Å². The van der Waals surface area contributed by atoms with Crippen LogP contribution in [0.15, 0.2) is 84.9 Å². The van der Waals surface area contributed by atoms with Crippen molar-refractivity contribution in [2.75, 3.05) is 11.4 Å². The standard InChI is InChI=1S/C24H22FN3O2/c25-19-12-7-13-21(14-19)28-16-20(15-22(28)29)26-24(30)27-23(17-8-3-1-4-9-17)18-10-5-2-6-11-18/h1-14,20,23H,15-16H2,(H2,26,27,30)/t20-/m1/s1. The highest BCUT2D eigenvalue weighted by atomic mass is 19.1. The van der Waals surface area contributed by atoms with Crippen LogP contribution in [0.25, 0.3) is 0 Å². The van der Waals surface area contributed by atoms with Gasteiger partial charge in [-0.1, -0.05) is 66.7 Å². The molecule has 4 rings (SSSR count). The number of benzene rings is 3. The largest absolute Gasteiger partial charge is 0.333 e. The number of nitrogens with one attached hydrogen (secondary N) is 2. The van der Waals surface area contributed by atoms with E-state index in [2.05, 4.69) is 10.6 Å². The first-order chi connectivity index (χ1) is 14.6. The maximum absolute atomic E-state index is 13.5. The normalized spacial score (nSPS) is 16.0. The van der Waals surface area contributed by atoms with Crippen LogP contribution in [0, 0.1) is 5.82 Å². The third kappa shape index (κ3) is 4.49. The Kier molecular flexibility index (Phi) is 5.75. The first-order valence-electron chi connectivity index (χ1n) is 9.83. The Morgan fingerprint density at radius 2 is 1.57 bits per heavy atom. The number of halogens is 1. The van der Waals surface area contributed by atoms with Crippen LogP contribution in [0.1, 0.15) is 23.6 Å². The van der Waals surface area contributed by atoms with Crippen molar-refractivity contribution < 1.29 is 14.0 Å². The quantitative estimate of drug-likeness (QED) is 0.676. The minimum absolute atomic E-state index is 0.145. The molecule has 1 aliphatic rings. The highest BCUT2D eigenvalue weighted by Crippen LogP contribution is 2.24. The molecular weight excluding hydrogens is 381 g/mol. The van der Waals surface area contributed by atoms with Gasteiger partial charge in [0, 0.05) is 18.7 Å². The monoisotopic (exact) mass is 403 g/mol. The Hall–Kier alpha value is -3.67. The van der Waals surface area contributed by atoms with Gasteiger partial charge in [-0.3, -0.25) is 4.79 Å². The summed E-state index contributed by atoms with van der Waals surface area (Å²) in [5.41, 5.74) is 2.42. The molecule has 0 aliphatic carbocycles. The fourth-order valence-electron chi connectivity index (χ4n) is 3.71. The summed E-state index contributed by atoms with van der Waals surface area (Å²) in [6, 6.07) is 24.3. The molecule has 1 aliphatic heterocycles. The van der Waals surface area contributed by atoms with Gasteiger partial charge in [0.05, 0.1) is 12.1 Å². The molecule has 3 amide bonds. The zero-order chi connectivity index (χ0) is 20.9. The van der Waals surface area contributed by atoms with Crippen LogP contribution in [-0.2, 0) is 4.79 Å². The second-order valence-corrected chi connectivity index (χ2v) is 7.26. The van der Waals surface area contributed by atoms with Crippen LogP contribution in [0.3, 0.4) is 0 Å². The van der Waals surface area contributed by atoms with Crippen LogP contribution in [0.2, 0.25) is 0 Å². The predicted molar refractivity (Wildman–Crippen MR) is 114 cm³/mol. The van der Waals surface area contributed by atoms with Crippen LogP contribution in [-0.4, -0.2) is 24.5 Å². The van der Waals surface area contributed by atoms with E-state index in [1.807, 2.05) is 60.7 Å². The lowest BCUT2D eigenvalue weighted by Crippen LogP contribution is -2.44. The molecule has 1 fully saturated rings. The molecule has 0 spiro atoms. The second-order valence-electron chi connectivity index (χ2n) is 7.26. The molecule has 6 heteroatoms. The van der Waals surface area contributed by atoms with E-state index in [1.54, 1.807) is 12.1 Å². The summed E-state index contributed by atoms with van der Waals surface area (Å²) in [7, 11) is 0. The van der Waals surface area contributed by atoms with Crippen molar-refractivity contribution in [3.05, 3.63) is 102 Å². The van der Waals surface area contributed by atoms with Gasteiger partial charge < -0.3 is 15.5 Å². The maximum Gasteiger partial charge on any atom is 0.315 e. The van der Waals surface area contributed by atoms with Gasteiger partial charge in [-0.25, -0.2) is 9.18 Å². The molecule has 1 heterocycles. The molecule has 30 heavy (non-hydrogen) atoms. The lowest BCUT2D eigenvalue weighted by atomic mass is 9.99. The fourth-order valence-corrected chi connectivity index (χ4v) is 3.71. The van der Waals surface area contributed by atoms with Gasteiger partial charge in [-0.2, -0.15) is 0 Å². The number of amides is 3. The number of hydrogen-bond donors (Lipinski definition) is 2. The van der Waals surface area contributed by atoms with Crippen molar-refractivity contribution in [2.24, 2.45) is 0 Å². The van der Waals surface area contributed by atoms with E-state index in [9.17, 15) is 14.0 Å². The average Bonchev–Trinajstić information content (AvgIpc) is 3.13. The first-order valence-corrected chi connectivity index (χ1v) is 9.83. The van der Waals surface area contributed by atoms with Gasteiger partial charge in [0.25, 0.3) is 0 Å². The van der Waals surface area contributed by atoms with E-state index < -0.39 is 5.82 Å². The number of hydrogen-bond acceptors (Lipinski definition) is 2. The Balaban J connectivity index is 1.45. The SMILES string of the molecule is O=C(NC(c1ccccc1)c1ccccc1)N[C@@H]1CC(=O)N(c2cccc(F)c2)C1. The number of urea groups is 1. The molecule has 0 aromatic heterocycles. The first kappa shape index (κ1) is 19.6. The summed E-state index contributed by atoms with van der Waals surface area (Å²) in [4.78, 5) is 26.6. The van der Waals surface area contributed by atoms with Gasteiger partial charge in [0.2, 0.25) is 5.91 Å². The van der Waals surface area contributed by atoms with Crippen molar-refractivity contribution in [1.29, 1.82) is 0 Å². The molecule has 5 nitrogen and oxygen atoms in total. The van der Waals surface area contributed by atoms with Gasteiger partial charge in [0.15, 0.2) is 0 Å². The topological polar surface area (TPSA) is 61.4 Å². The van der Waals surface area contributed by atoms with E-state index >= 15 is 0 Å². The Bertz CT molecular complexity index is 987. The number of anilines is 1. The zero-order valence-electron chi connectivity index (χ0n) is 16.3. The van der Waals surface area contributed by atoms with Crippen LogP contribution >= 0.6 is 0 Å². The Morgan fingerprint density at radius 3 is 2.17 bits per heavy atom. The minimum atomic E-state index is -0.400. The number of carbonyl (C=O) groups excluding carboxylic acids is 2. The summed E-state index contributed by atoms with van der Waals surface area (Å²) < 4.78 is 13.5. The van der Waals surface area contributed by atoms with Crippen molar-refractivity contribution in [2.45, 2.75) is 18.5 Å². The maximum atomic E-state index is 13.5. The lowest BCUT2D eigenvalue weighted by molar-refractivity contribution is -0.117. The third-order valence-corrected chi connectivity index (χ3v) is 5.12. The van der Waals surface area contributed by atoms with E-state index in [-0.39, 0.29) is 30.4 Å². The summed E-state index contributed by atoms with van der Waals surface area (Å²) in [6.07, 6.45) is 0.172. The number of rotatable bonds is 5. The van der Waals surface area contributed by atoms with Gasteiger partial charge in [0.1, 0.15) is 5.82 Å².